The van der Waals surface area contributed by atoms with Gasteiger partial charge in [-0.3, -0.25) is 4.79 Å². The monoisotopic (exact) mass is 289 g/mol. The van der Waals surface area contributed by atoms with Gasteiger partial charge in [-0.15, -0.1) is 0 Å². The van der Waals surface area contributed by atoms with Gasteiger partial charge in [-0.2, -0.15) is 11.8 Å². The molecule has 110 valence electrons. The SMILES string of the molecule is CC1SCCCC1(CC(=O)O)NC(=O)OC(C)(C)C. The lowest BCUT2D eigenvalue weighted by molar-refractivity contribution is -0.138. The molecule has 1 aliphatic rings. The number of alkyl carbamates (subject to hydrolysis) is 1. The fourth-order valence-electron chi connectivity index (χ4n) is 2.23. The highest BCUT2D eigenvalue weighted by molar-refractivity contribution is 8.00. The van der Waals surface area contributed by atoms with Crippen molar-refractivity contribution in [3.63, 3.8) is 0 Å². The van der Waals surface area contributed by atoms with E-state index >= 15 is 0 Å². The maximum absolute atomic E-state index is 11.9. The van der Waals surface area contributed by atoms with Crippen molar-refractivity contribution in [2.24, 2.45) is 0 Å². The average Bonchev–Trinajstić information content (AvgIpc) is 2.18. The van der Waals surface area contributed by atoms with Crippen molar-refractivity contribution in [2.75, 3.05) is 5.75 Å². The number of carbonyl (C=O) groups excluding carboxylic acids is 1. The van der Waals surface area contributed by atoms with Gasteiger partial charge in [-0.1, -0.05) is 6.92 Å². The van der Waals surface area contributed by atoms with Crippen LogP contribution in [-0.2, 0) is 9.53 Å². The van der Waals surface area contributed by atoms with Crippen molar-refractivity contribution in [3.8, 4) is 0 Å². The van der Waals surface area contributed by atoms with Gasteiger partial charge in [0.2, 0.25) is 0 Å². The number of carboxylic acid groups (broad SMARTS) is 1. The van der Waals surface area contributed by atoms with Crippen molar-refractivity contribution in [1.82, 2.24) is 5.32 Å². The van der Waals surface area contributed by atoms with Crippen LogP contribution in [0.3, 0.4) is 0 Å². The van der Waals surface area contributed by atoms with E-state index in [-0.39, 0.29) is 11.7 Å². The average molecular weight is 289 g/mol. The highest BCUT2D eigenvalue weighted by Gasteiger charge is 2.42. The van der Waals surface area contributed by atoms with Crippen molar-refractivity contribution >= 4 is 23.8 Å². The minimum atomic E-state index is -0.898. The van der Waals surface area contributed by atoms with Crippen LogP contribution in [0.1, 0.15) is 47.0 Å². The Bertz CT molecular complexity index is 353. The van der Waals surface area contributed by atoms with Crippen LogP contribution in [0, 0.1) is 0 Å². The van der Waals surface area contributed by atoms with Crippen molar-refractivity contribution in [1.29, 1.82) is 0 Å². The van der Waals surface area contributed by atoms with Gasteiger partial charge in [-0.25, -0.2) is 4.79 Å². The number of amides is 1. The van der Waals surface area contributed by atoms with Gasteiger partial charge in [-0.05, 0) is 39.4 Å². The molecule has 5 nitrogen and oxygen atoms in total. The van der Waals surface area contributed by atoms with Crippen LogP contribution in [-0.4, -0.2) is 39.3 Å². The van der Waals surface area contributed by atoms with E-state index in [9.17, 15) is 9.59 Å². The fraction of sp³-hybridized carbons (Fsp3) is 0.846. The number of nitrogens with one attached hydrogen (secondary N) is 1. The second kappa shape index (κ2) is 6.03. The van der Waals surface area contributed by atoms with Gasteiger partial charge in [0.25, 0.3) is 0 Å². The lowest BCUT2D eigenvalue weighted by Crippen LogP contribution is -2.58. The predicted molar refractivity (Wildman–Crippen MR) is 75.5 cm³/mol. The Balaban J connectivity index is 2.80. The predicted octanol–water partition coefficient (Wildman–Crippen LogP) is 2.64. The summed E-state index contributed by atoms with van der Waals surface area (Å²) in [7, 11) is 0. The standard InChI is InChI=1S/C13H23NO4S/c1-9-13(8-10(15)16,6-5-7-19-9)14-11(17)18-12(2,3)4/h9H,5-8H2,1-4H3,(H,14,17)(H,15,16). The van der Waals surface area contributed by atoms with Crippen LogP contribution in [0.25, 0.3) is 0 Å². The molecule has 0 spiro atoms. The first-order valence-electron chi connectivity index (χ1n) is 6.49. The number of carbonyl (C=O) groups is 2. The molecule has 1 saturated heterocycles. The van der Waals surface area contributed by atoms with Gasteiger partial charge in [0.05, 0.1) is 12.0 Å². The summed E-state index contributed by atoms with van der Waals surface area (Å²) in [6.45, 7) is 7.32. The fourth-order valence-corrected chi connectivity index (χ4v) is 3.47. The van der Waals surface area contributed by atoms with E-state index < -0.39 is 23.2 Å². The van der Waals surface area contributed by atoms with Gasteiger partial charge in [0.1, 0.15) is 5.60 Å². The first kappa shape index (κ1) is 16.1. The number of hydrogen-bond acceptors (Lipinski definition) is 4. The summed E-state index contributed by atoms with van der Waals surface area (Å²) in [5.74, 6) is 0.101. The normalized spacial score (nSPS) is 27.7. The van der Waals surface area contributed by atoms with Crippen LogP contribution in [0.4, 0.5) is 4.79 Å². The first-order valence-corrected chi connectivity index (χ1v) is 7.54. The van der Waals surface area contributed by atoms with Crippen molar-refractivity contribution in [3.05, 3.63) is 0 Å². The van der Waals surface area contributed by atoms with Gasteiger partial charge >= 0.3 is 12.1 Å². The molecule has 2 N–H and O–H groups in total. The van der Waals surface area contributed by atoms with Crippen LogP contribution < -0.4 is 5.32 Å². The van der Waals surface area contributed by atoms with Gasteiger partial charge in [0.15, 0.2) is 0 Å². The molecule has 1 aliphatic heterocycles. The van der Waals surface area contributed by atoms with E-state index in [2.05, 4.69) is 5.32 Å². The van der Waals surface area contributed by atoms with Crippen LogP contribution >= 0.6 is 11.8 Å². The number of hydrogen-bond donors (Lipinski definition) is 2. The van der Waals surface area contributed by atoms with Crippen LogP contribution in [0.15, 0.2) is 0 Å². The maximum Gasteiger partial charge on any atom is 0.408 e. The zero-order chi connectivity index (χ0) is 14.7. The Morgan fingerprint density at radius 1 is 1.47 bits per heavy atom. The molecule has 1 amide bonds. The molecular weight excluding hydrogens is 266 g/mol. The second-order valence-electron chi connectivity index (χ2n) is 5.97. The zero-order valence-electron chi connectivity index (χ0n) is 12.0. The van der Waals surface area contributed by atoms with Gasteiger partial charge < -0.3 is 15.2 Å². The highest BCUT2D eigenvalue weighted by Crippen LogP contribution is 2.36. The molecular formula is C13H23NO4S. The third kappa shape index (κ3) is 4.93. The molecule has 6 heteroatoms. The number of aliphatic carboxylic acids is 1. The number of thioether (sulfide) groups is 1. The van der Waals surface area contributed by atoms with E-state index in [1.165, 1.54) is 0 Å². The molecule has 1 rings (SSSR count). The third-order valence-electron chi connectivity index (χ3n) is 3.13. The van der Waals surface area contributed by atoms with Crippen molar-refractivity contribution < 1.29 is 19.4 Å². The maximum atomic E-state index is 11.9. The van der Waals surface area contributed by atoms with Gasteiger partial charge in [0, 0.05) is 5.25 Å². The molecule has 2 unspecified atom stereocenters. The minimum absolute atomic E-state index is 0.0601. The molecule has 0 aliphatic carbocycles. The molecule has 0 aromatic heterocycles. The van der Waals surface area contributed by atoms with E-state index in [4.69, 9.17) is 9.84 Å². The third-order valence-corrected chi connectivity index (χ3v) is 4.61. The van der Waals surface area contributed by atoms with E-state index in [1.807, 2.05) is 6.92 Å². The molecule has 0 aromatic carbocycles. The molecule has 0 bridgehead atoms. The van der Waals surface area contributed by atoms with E-state index in [0.29, 0.717) is 6.42 Å². The lowest BCUT2D eigenvalue weighted by Gasteiger charge is -2.42. The Hall–Kier alpha value is -0.910. The topological polar surface area (TPSA) is 75.6 Å². The number of carboxylic acids is 1. The molecule has 2 atom stereocenters. The molecule has 0 aromatic rings. The van der Waals surface area contributed by atoms with E-state index in [0.717, 1.165) is 12.2 Å². The summed E-state index contributed by atoms with van der Waals surface area (Å²) in [5, 5.41) is 12.0. The lowest BCUT2D eigenvalue weighted by atomic mass is 9.86. The summed E-state index contributed by atoms with van der Waals surface area (Å²) < 4.78 is 5.24. The summed E-state index contributed by atoms with van der Waals surface area (Å²) >= 11 is 1.69. The molecule has 19 heavy (non-hydrogen) atoms. The largest absolute Gasteiger partial charge is 0.481 e. The van der Waals surface area contributed by atoms with Crippen molar-refractivity contribution in [2.45, 2.75) is 63.3 Å². The quantitative estimate of drug-likeness (QED) is 0.835. The molecule has 1 fully saturated rings. The minimum Gasteiger partial charge on any atom is -0.481 e. The Labute approximate surface area is 118 Å². The summed E-state index contributed by atoms with van der Waals surface area (Å²) in [6.07, 6.45) is 0.966. The second-order valence-corrected chi connectivity index (χ2v) is 7.42. The Morgan fingerprint density at radius 2 is 2.11 bits per heavy atom. The van der Waals surface area contributed by atoms with E-state index in [1.54, 1.807) is 32.5 Å². The van der Waals surface area contributed by atoms with Crippen LogP contribution in [0.5, 0.6) is 0 Å². The number of rotatable bonds is 3. The highest BCUT2D eigenvalue weighted by atomic mass is 32.2. The Kier molecular flexibility index (Phi) is 5.12. The smallest absolute Gasteiger partial charge is 0.408 e. The molecule has 0 saturated carbocycles. The van der Waals surface area contributed by atoms with Crippen LogP contribution in [0.2, 0.25) is 0 Å². The molecule has 0 radical (unpaired) electrons. The summed E-state index contributed by atoms with van der Waals surface area (Å²) in [4.78, 5) is 23.0. The zero-order valence-corrected chi connectivity index (χ0v) is 12.8. The number of ether oxygens (including phenoxy) is 1. The summed E-state index contributed by atoms with van der Waals surface area (Å²) in [5.41, 5.74) is -1.30. The first-order chi connectivity index (χ1) is 8.65. The molecule has 1 heterocycles. The summed E-state index contributed by atoms with van der Waals surface area (Å²) in [6, 6.07) is 0. The Morgan fingerprint density at radius 3 is 2.58 bits per heavy atom.